The van der Waals surface area contributed by atoms with Crippen LogP contribution in [0.2, 0.25) is 0 Å². The van der Waals surface area contributed by atoms with Gasteiger partial charge in [0, 0.05) is 0 Å². The molecule has 0 heteroatoms. The van der Waals surface area contributed by atoms with Crippen molar-refractivity contribution in [2.75, 3.05) is 0 Å². The highest BCUT2D eigenvalue weighted by atomic mass is 14.1. The SMILES string of the molecule is CC(C)c1cccc(C2=CC=CC2)c1. The van der Waals surface area contributed by atoms with Crippen LogP contribution in [0.5, 0.6) is 0 Å². The lowest BCUT2D eigenvalue weighted by Gasteiger charge is -2.08. The second-order valence-electron chi connectivity index (χ2n) is 4.10. The second-order valence-corrected chi connectivity index (χ2v) is 4.10. The van der Waals surface area contributed by atoms with Gasteiger partial charge in [0.1, 0.15) is 0 Å². The van der Waals surface area contributed by atoms with E-state index in [4.69, 9.17) is 0 Å². The Kier molecular flexibility index (Phi) is 2.53. The van der Waals surface area contributed by atoms with Crippen molar-refractivity contribution in [2.24, 2.45) is 0 Å². The maximum Gasteiger partial charge on any atom is -0.00884 e. The summed E-state index contributed by atoms with van der Waals surface area (Å²) < 4.78 is 0. The van der Waals surface area contributed by atoms with Crippen LogP contribution in [0.15, 0.2) is 42.5 Å². The zero-order valence-electron chi connectivity index (χ0n) is 8.83. The molecule has 0 fully saturated rings. The van der Waals surface area contributed by atoms with Gasteiger partial charge < -0.3 is 0 Å². The van der Waals surface area contributed by atoms with Crippen molar-refractivity contribution in [1.29, 1.82) is 0 Å². The first-order valence-electron chi connectivity index (χ1n) is 5.23. The minimum absolute atomic E-state index is 0.616. The van der Waals surface area contributed by atoms with Gasteiger partial charge in [0.05, 0.1) is 0 Å². The molecule has 14 heavy (non-hydrogen) atoms. The summed E-state index contributed by atoms with van der Waals surface area (Å²) >= 11 is 0. The van der Waals surface area contributed by atoms with Crippen LogP contribution in [0.4, 0.5) is 0 Å². The summed E-state index contributed by atoms with van der Waals surface area (Å²) in [4.78, 5) is 0. The Bertz CT molecular complexity index is 381. The summed E-state index contributed by atoms with van der Waals surface area (Å²) in [6.07, 6.45) is 7.63. The predicted molar refractivity (Wildman–Crippen MR) is 62.3 cm³/mol. The topological polar surface area (TPSA) is 0 Å². The van der Waals surface area contributed by atoms with Gasteiger partial charge >= 0.3 is 0 Å². The Labute approximate surface area is 86.0 Å². The number of hydrogen-bond acceptors (Lipinski definition) is 0. The molecule has 1 aliphatic carbocycles. The fourth-order valence-corrected chi connectivity index (χ4v) is 1.76. The standard InChI is InChI=1S/C14H16/c1-11(2)13-8-5-9-14(10-13)12-6-3-4-7-12/h3-6,8-11H,7H2,1-2H3. The summed E-state index contributed by atoms with van der Waals surface area (Å²) in [5, 5.41) is 0. The van der Waals surface area contributed by atoms with Crippen molar-refractivity contribution in [3.63, 3.8) is 0 Å². The van der Waals surface area contributed by atoms with Crippen LogP contribution in [0, 0.1) is 0 Å². The van der Waals surface area contributed by atoms with Crippen molar-refractivity contribution in [3.05, 3.63) is 53.6 Å². The molecule has 0 heterocycles. The molecule has 0 atom stereocenters. The van der Waals surface area contributed by atoms with Crippen molar-refractivity contribution in [3.8, 4) is 0 Å². The molecule has 0 bridgehead atoms. The Hall–Kier alpha value is -1.30. The van der Waals surface area contributed by atoms with Crippen LogP contribution in [0.25, 0.3) is 5.57 Å². The lowest BCUT2D eigenvalue weighted by atomic mass is 9.97. The molecule has 1 aromatic rings. The van der Waals surface area contributed by atoms with E-state index in [0.29, 0.717) is 5.92 Å². The van der Waals surface area contributed by atoms with E-state index in [9.17, 15) is 0 Å². The van der Waals surface area contributed by atoms with Gasteiger partial charge in [0.25, 0.3) is 0 Å². The first kappa shape index (κ1) is 9.26. The molecule has 2 rings (SSSR count). The molecule has 0 radical (unpaired) electrons. The average molecular weight is 184 g/mol. The summed E-state index contributed by atoms with van der Waals surface area (Å²) in [5.74, 6) is 0.616. The van der Waals surface area contributed by atoms with Gasteiger partial charge in [-0.25, -0.2) is 0 Å². The van der Waals surface area contributed by atoms with E-state index in [2.05, 4.69) is 56.3 Å². The van der Waals surface area contributed by atoms with Gasteiger partial charge in [-0.15, -0.1) is 0 Å². The highest BCUT2D eigenvalue weighted by Gasteiger charge is 2.05. The maximum absolute atomic E-state index is 2.31. The first-order valence-corrected chi connectivity index (χ1v) is 5.23. The Morgan fingerprint density at radius 2 is 2.07 bits per heavy atom. The van der Waals surface area contributed by atoms with Gasteiger partial charge in [-0.1, -0.05) is 56.3 Å². The van der Waals surface area contributed by atoms with Gasteiger partial charge in [-0.2, -0.15) is 0 Å². The van der Waals surface area contributed by atoms with Gasteiger partial charge in [0.2, 0.25) is 0 Å². The molecule has 0 N–H and O–H groups in total. The quantitative estimate of drug-likeness (QED) is 0.647. The zero-order chi connectivity index (χ0) is 9.97. The highest BCUT2D eigenvalue weighted by Crippen LogP contribution is 2.25. The molecule has 0 aromatic heterocycles. The molecule has 72 valence electrons. The Morgan fingerprint density at radius 1 is 1.21 bits per heavy atom. The molecule has 0 saturated carbocycles. The van der Waals surface area contributed by atoms with E-state index in [1.54, 1.807) is 0 Å². The Balaban J connectivity index is 2.31. The van der Waals surface area contributed by atoms with Crippen molar-refractivity contribution < 1.29 is 0 Å². The van der Waals surface area contributed by atoms with E-state index in [1.807, 2.05) is 0 Å². The lowest BCUT2D eigenvalue weighted by Crippen LogP contribution is -1.89. The number of allylic oxidation sites excluding steroid dienone is 4. The van der Waals surface area contributed by atoms with Crippen molar-refractivity contribution in [2.45, 2.75) is 26.2 Å². The smallest absolute Gasteiger partial charge is 0.00884 e. The van der Waals surface area contributed by atoms with Gasteiger partial charge in [-0.3, -0.25) is 0 Å². The molecule has 0 unspecified atom stereocenters. The van der Waals surface area contributed by atoms with Crippen LogP contribution in [-0.4, -0.2) is 0 Å². The molecule has 0 saturated heterocycles. The van der Waals surface area contributed by atoms with Crippen molar-refractivity contribution >= 4 is 5.57 Å². The molecule has 0 amide bonds. The fraction of sp³-hybridized carbons (Fsp3) is 0.286. The van der Waals surface area contributed by atoms with E-state index < -0.39 is 0 Å². The average Bonchev–Trinajstić information content (AvgIpc) is 2.71. The molecule has 0 spiro atoms. The van der Waals surface area contributed by atoms with Crippen LogP contribution in [0.3, 0.4) is 0 Å². The Morgan fingerprint density at radius 3 is 2.71 bits per heavy atom. The lowest BCUT2D eigenvalue weighted by molar-refractivity contribution is 0.866. The summed E-state index contributed by atoms with van der Waals surface area (Å²) in [7, 11) is 0. The fourth-order valence-electron chi connectivity index (χ4n) is 1.76. The van der Waals surface area contributed by atoms with E-state index in [0.717, 1.165) is 6.42 Å². The molecule has 0 aliphatic heterocycles. The van der Waals surface area contributed by atoms with Crippen LogP contribution < -0.4 is 0 Å². The monoisotopic (exact) mass is 184 g/mol. The van der Waals surface area contributed by atoms with Crippen LogP contribution in [-0.2, 0) is 0 Å². The summed E-state index contributed by atoms with van der Waals surface area (Å²) in [6.45, 7) is 4.47. The third kappa shape index (κ3) is 1.79. The minimum Gasteiger partial charge on any atom is -0.0801 e. The summed E-state index contributed by atoms with van der Waals surface area (Å²) in [6, 6.07) is 8.87. The van der Waals surface area contributed by atoms with Crippen LogP contribution >= 0.6 is 0 Å². The molecule has 0 nitrogen and oxygen atoms in total. The van der Waals surface area contributed by atoms with Crippen LogP contribution in [0.1, 0.15) is 37.3 Å². The molecular formula is C14H16. The van der Waals surface area contributed by atoms with E-state index in [1.165, 1.54) is 16.7 Å². The largest absolute Gasteiger partial charge is 0.0801 e. The second kappa shape index (κ2) is 3.83. The first-order chi connectivity index (χ1) is 6.77. The number of hydrogen-bond donors (Lipinski definition) is 0. The predicted octanol–water partition coefficient (Wildman–Crippen LogP) is 4.15. The normalized spacial score (nSPS) is 14.9. The molecule has 1 aliphatic rings. The zero-order valence-corrected chi connectivity index (χ0v) is 8.83. The van der Waals surface area contributed by atoms with Gasteiger partial charge in [0.15, 0.2) is 0 Å². The third-order valence-corrected chi connectivity index (χ3v) is 2.70. The highest BCUT2D eigenvalue weighted by molar-refractivity contribution is 5.71. The van der Waals surface area contributed by atoms with Crippen molar-refractivity contribution in [1.82, 2.24) is 0 Å². The number of rotatable bonds is 2. The number of benzene rings is 1. The minimum atomic E-state index is 0.616. The van der Waals surface area contributed by atoms with Gasteiger partial charge in [-0.05, 0) is 29.0 Å². The third-order valence-electron chi connectivity index (χ3n) is 2.70. The molecule has 1 aromatic carbocycles. The van der Waals surface area contributed by atoms with E-state index in [-0.39, 0.29) is 0 Å². The van der Waals surface area contributed by atoms with E-state index >= 15 is 0 Å². The summed E-state index contributed by atoms with van der Waals surface area (Å²) in [5.41, 5.74) is 4.24. The molecular weight excluding hydrogens is 168 g/mol. The maximum atomic E-state index is 2.31.